The summed E-state index contributed by atoms with van der Waals surface area (Å²) >= 11 is 3.93. The van der Waals surface area contributed by atoms with Crippen LogP contribution in [0.4, 0.5) is 0 Å². The van der Waals surface area contributed by atoms with E-state index in [9.17, 15) is 29.1 Å². The summed E-state index contributed by atoms with van der Waals surface area (Å²) in [5.41, 5.74) is 8.24. The number of benzene rings is 3. The quantitative estimate of drug-likeness (QED) is 0.123. The fraction of sp³-hybridized carbons (Fsp3) is 0.258. The molecule has 3 aromatic rings. The number of nitrogens with one attached hydrogen (secondary N) is 4. The molecule has 4 amide bonds. The molecule has 0 radical (unpaired) electrons. The minimum atomic E-state index is -1.05. The van der Waals surface area contributed by atoms with Crippen LogP contribution in [0, 0.1) is 0 Å². The van der Waals surface area contributed by atoms with Crippen molar-refractivity contribution >= 4 is 41.4 Å². The van der Waals surface area contributed by atoms with Gasteiger partial charge in [-0.3, -0.25) is 24.0 Å². The molecule has 3 aromatic carbocycles. The highest BCUT2D eigenvalue weighted by atomic mass is 32.1. The third kappa shape index (κ3) is 11.6. The molecule has 0 saturated carbocycles. The third-order valence-electron chi connectivity index (χ3n) is 6.43. The third-order valence-corrected chi connectivity index (χ3v) is 6.74. The van der Waals surface area contributed by atoms with Crippen molar-refractivity contribution in [2.75, 3.05) is 13.1 Å². The van der Waals surface area contributed by atoms with E-state index in [4.69, 9.17) is 5.73 Å². The summed E-state index contributed by atoms with van der Waals surface area (Å²) in [6.45, 7) is -0.861. The second-order valence-corrected chi connectivity index (χ2v) is 10.3. The van der Waals surface area contributed by atoms with Gasteiger partial charge in [-0.25, -0.2) is 0 Å². The molecule has 3 rings (SSSR count). The van der Waals surface area contributed by atoms with E-state index in [0.717, 1.165) is 16.7 Å². The van der Waals surface area contributed by atoms with E-state index < -0.39 is 60.0 Å². The Bertz CT molecular complexity index is 1390. The van der Waals surface area contributed by atoms with Crippen molar-refractivity contribution in [3.05, 3.63) is 102 Å². The largest absolute Gasteiger partial charge is 0.508 e. The zero-order valence-electron chi connectivity index (χ0n) is 23.4. The highest BCUT2D eigenvalue weighted by molar-refractivity contribution is 7.96. The number of thiol groups is 1. The second-order valence-electron chi connectivity index (χ2n) is 9.87. The van der Waals surface area contributed by atoms with Crippen LogP contribution in [0.2, 0.25) is 0 Å². The van der Waals surface area contributed by atoms with Gasteiger partial charge in [-0.2, -0.15) is 0 Å². The summed E-state index contributed by atoms with van der Waals surface area (Å²) in [4.78, 5) is 62.7. The molecule has 226 valence electrons. The lowest BCUT2D eigenvalue weighted by molar-refractivity contribution is -0.131. The molecule has 11 nitrogen and oxygen atoms in total. The van der Waals surface area contributed by atoms with E-state index in [0.29, 0.717) is 0 Å². The van der Waals surface area contributed by atoms with Crippen molar-refractivity contribution < 1.29 is 29.1 Å². The Hall–Kier alpha value is -4.68. The van der Waals surface area contributed by atoms with E-state index in [1.807, 2.05) is 36.4 Å². The van der Waals surface area contributed by atoms with Crippen molar-refractivity contribution in [2.45, 2.75) is 37.4 Å². The maximum atomic E-state index is 13.2. The minimum Gasteiger partial charge on any atom is -0.508 e. The van der Waals surface area contributed by atoms with Crippen LogP contribution in [-0.2, 0) is 43.2 Å². The summed E-state index contributed by atoms with van der Waals surface area (Å²) in [7, 11) is 0. The molecule has 0 heterocycles. The van der Waals surface area contributed by atoms with Crippen LogP contribution in [0.15, 0.2) is 84.9 Å². The predicted molar refractivity (Wildman–Crippen MR) is 164 cm³/mol. The van der Waals surface area contributed by atoms with E-state index in [1.165, 1.54) is 12.1 Å². The van der Waals surface area contributed by atoms with Crippen LogP contribution in [-0.4, -0.2) is 65.1 Å². The number of nitrogens with two attached hydrogens (primary N) is 1. The molecule has 0 bridgehead atoms. The van der Waals surface area contributed by atoms with Crippen LogP contribution in [0.5, 0.6) is 5.75 Å². The fourth-order valence-electron chi connectivity index (χ4n) is 4.15. The van der Waals surface area contributed by atoms with E-state index in [-0.39, 0.29) is 25.0 Å². The zero-order chi connectivity index (χ0) is 31.2. The van der Waals surface area contributed by atoms with E-state index in [1.54, 1.807) is 36.4 Å². The second kappa shape index (κ2) is 16.7. The molecule has 0 aromatic heterocycles. The average Bonchev–Trinajstić information content (AvgIpc) is 3.00. The van der Waals surface area contributed by atoms with Crippen LogP contribution in [0.1, 0.15) is 16.7 Å². The molecule has 12 heteroatoms. The van der Waals surface area contributed by atoms with Gasteiger partial charge >= 0.3 is 0 Å². The molecule has 43 heavy (non-hydrogen) atoms. The Kier molecular flexibility index (Phi) is 12.7. The van der Waals surface area contributed by atoms with Gasteiger partial charge in [-0.15, -0.1) is 12.6 Å². The number of amides is 4. The van der Waals surface area contributed by atoms with Crippen molar-refractivity contribution in [3.63, 3.8) is 0 Å². The molecule has 7 N–H and O–H groups in total. The smallest absolute Gasteiger partial charge is 0.243 e. The lowest BCUT2D eigenvalue weighted by atomic mass is 10.0. The van der Waals surface area contributed by atoms with Crippen LogP contribution < -0.4 is 27.0 Å². The number of phenols is 1. The van der Waals surface area contributed by atoms with Crippen molar-refractivity contribution in [3.8, 4) is 5.75 Å². The molecule has 0 aliphatic carbocycles. The van der Waals surface area contributed by atoms with Crippen molar-refractivity contribution in [1.29, 1.82) is 0 Å². The molecule has 0 spiro atoms. The van der Waals surface area contributed by atoms with Gasteiger partial charge in [-0.1, -0.05) is 72.8 Å². The van der Waals surface area contributed by atoms with Crippen LogP contribution in [0.3, 0.4) is 0 Å². The monoisotopic (exact) mass is 605 g/mol. The number of carbonyl (C=O) groups excluding carboxylic acids is 5. The topological polar surface area (TPSA) is 180 Å². The molecular weight excluding hydrogens is 570 g/mol. The number of hydrogen-bond acceptors (Lipinski definition) is 7. The maximum absolute atomic E-state index is 13.2. The summed E-state index contributed by atoms with van der Waals surface area (Å²) in [6.07, 6.45) is 0.563. The zero-order valence-corrected chi connectivity index (χ0v) is 24.3. The van der Waals surface area contributed by atoms with Crippen LogP contribution in [0.25, 0.3) is 0 Å². The number of phenolic OH excluding ortho intramolecular Hbond substituents is 1. The lowest BCUT2D eigenvalue weighted by Gasteiger charge is -2.22. The van der Waals surface area contributed by atoms with Gasteiger partial charge in [0.15, 0.2) is 0 Å². The van der Waals surface area contributed by atoms with Gasteiger partial charge in [0.05, 0.1) is 19.1 Å². The molecular formula is C31H35N5O6S. The minimum absolute atomic E-state index is 0.0921. The number of carbonyl (C=O) groups is 5. The molecule has 0 aliphatic heterocycles. The highest BCUT2D eigenvalue weighted by Gasteiger charge is 2.26. The molecule has 0 unspecified atom stereocenters. The van der Waals surface area contributed by atoms with Crippen molar-refractivity contribution in [2.24, 2.45) is 5.73 Å². The predicted octanol–water partition coefficient (Wildman–Crippen LogP) is 0.406. The van der Waals surface area contributed by atoms with Gasteiger partial charge in [0.25, 0.3) is 0 Å². The molecule has 0 saturated heterocycles. The van der Waals surface area contributed by atoms with E-state index >= 15 is 0 Å². The van der Waals surface area contributed by atoms with Gasteiger partial charge in [0.2, 0.25) is 28.7 Å². The van der Waals surface area contributed by atoms with Gasteiger partial charge < -0.3 is 32.1 Å². The summed E-state index contributed by atoms with van der Waals surface area (Å²) < 4.78 is 0. The standard InChI is InChI=1S/C31H35N5O6S/c32-24(15-22-11-13-23(37)14-12-22)29(40)34-18-27(38)33-19-28(39)35-25(16-20-7-3-1-4-8-20)30(41)36-26(31(42)43)17-21-9-5-2-6-10-21/h1-14,24-26,37H,15-19,32H2,(H,33,38)(H,34,40)(H,35,39)(H,36,41)(H,42,43)/t24-,25-,26-/m0/s1. The van der Waals surface area contributed by atoms with Crippen molar-refractivity contribution in [1.82, 2.24) is 21.3 Å². The number of hydrogen-bond donors (Lipinski definition) is 7. The molecule has 0 aliphatic rings. The molecule has 3 atom stereocenters. The van der Waals surface area contributed by atoms with Crippen LogP contribution >= 0.6 is 12.6 Å². The Morgan fingerprint density at radius 2 is 1.14 bits per heavy atom. The lowest BCUT2D eigenvalue weighted by Crippen LogP contribution is -2.54. The Labute approximate surface area is 255 Å². The summed E-state index contributed by atoms with van der Waals surface area (Å²) in [6, 6.07) is 21.5. The molecule has 0 fully saturated rings. The number of aromatic hydroxyl groups is 1. The number of rotatable bonds is 15. The van der Waals surface area contributed by atoms with E-state index in [2.05, 4.69) is 33.9 Å². The average molecular weight is 606 g/mol. The van der Waals surface area contributed by atoms with Gasteiger partial charge in [0.1, 0.15) is 17.8 Å². The Balaban J connectivity index is 1.52. The first-order valence-electron chi connectivity index (χ1n) is 13.6. The maximum Gasteiger partial charge on any atom is 0.243 e. The summed E-state index contributed by atoms with van der Waals surface area (Å²) in [5.74, 6) is -2.32. The summed E-state index contributed by atoms with van der Waals surface area (Å²) in [5, 5.41) is 19.0. The Morgan fingerprint density at radius 3 is 1.70 bits per heavy atom. The van der Waals surface area contributed by atoms with Gasteiger partial charge in [-0.05, 0) is 35.2 Å². The fourth-order valence-corrected chi connectivity index (χ4v) is 4.30. The Morgan fingerprint density at radius 1 is 0.628 bits per heavy atom. The SMILES string of the molecule is N[C@@H](Cc1ccc(O)cc1)C(=O)NCC(=O)NCC(=O)N[C@@H](Cc1ccccc1)C(=O)N[C@@H](Cc1ccccc1)C(=O)S. The normalized spacial score (nSPS) is 12.7. The first-order valence-corrected chi connectivity index (χ1v) is 14.0. The first kappa shape index (κ1) is 32.8. The highest BCUT2D eigenvalue weighted by Crippen LogP contribution is 2.11. The first-order chi connectivity index (χ1) is 20.6. The van der Waals surface area contributed by atoms with Gasteiger partial charge in [0, 0.05) is 12.8 Å².